The van der Waals surface area contributed by atoms with Gasteiger partial charge < -0.3 is 14.9 Å². The normalized spacial score (nSPS) is 14.2. The quantitative estimate of drug-likeness (QED) is 0.648. The van der Waals surface area contributed by atoms with Gasteiger partial charge in [0, 0.05) is 10.0 Å². The van der Waals surface area contributed by atoms with Crippen LogP contribution < -0.4 is 0 Å². The third-order valence-corrected chi connectivity index (χ3v) is 2.79. The van der Waals surface area contributed by atoms with Crippen LogP contribution in [0.4, 0.5) is 4.39 Å². The van der Waals surface area contributed by atoms with Crippen molar-refractivity contribution in [1.29, 1.82) is 0 Å². The number of esters is 1. The van der Waals surface area contributed by atoms with Gasteiger partial charge >= 0.3 is 5.97 Å². The van der Waals surface area contributed by atoms with Gasteiger partial charge in [0.25, 0.3) is 0 Å². The van der Waals surface area contributed by atoms with Crippen molar-refractivity contribution in [2.24, 2.45) is 0 Å². The summed E-state index contributed by atoms with van der Waals surface area (Å²) < 4.78 is 18.6. The standard InChI is InChI=1S/C10H10BrFO4/c1-10(12,9(15)16-2)5-3-7(13)8(14)4-6(5)11/h3-4,13-14H,1-2H3. The number of methoxy groups -OCH3 is 1. The minimum absolute atomic E-state index is 0.116. The molecule has 1 atom stereocenters. The van der Waals surface area contributed by atoms with Gasteiger partial charge in [-0.1, -0.05) is 15.9 Å². The van der Waals surface area contributed by atoms with E-state index >= 15 is 0 Å². The van der Waals surface area contributed by atoms with Crippen LogP contribution in [0, 0.1) is 0 Å². The van der Waals surface area contributed by atoms with Gasteiger partial charge in [-0.2, -0.15) is 0 Å². The molecule has 1 aromatic carbocycles. The van der Waals surface area contributed by atoms with Crippen LogP contribution >= 0.6 is 15.9 Å². The van der Waals surface area contributed by atoms with Gasteiger partial charge in [0.2, 0.25) is 5.67 Å². The lowest BCUT2D eigenvalue weighted by Crippen LogP contribution is -2.29. The van der Waals surface area contributed by atoms with Crippen molar-refractivity contribution in [3.63, 3.8) is 0 Å². The summed E-state index contributed by atoms with van der Waals surface area (Å²) in [6.07, 6.45) is 0. The van der Waals surface area contributed by atoms with Crippen molar-refractivity contribution in [2.75, 3.05) is 7.11 Å². The Kier molecular flexibility index (Phi) is 3.42. The molecule has 6 heteroatoms. The smallest absolute Gasteiger partial charge is 0.348 e. The van der Waals surface area contributed by atoms with E-state index in [1.54, 1.807) is 0 Å². The van der Waals surface area contributed by atoms with Gasteiger partial charge in [-0.05, 0) is 19.1 Å². The van der Waals surface area contributed by atoms with E-state index in [0.29, 0.717) is 0 Å². The Bertz CT molecular complexity index is 431. The van der Waals surface area contributed by atoms with Crippen LogP contribution in [0.1, 0.15) is 12.5 Å². The second kappa shape index (κ2) is 4.29. The summed E-state index contributed by atoms with van der Waals surface area (Å²) in [4.78, 5) is 11.2. The lowest BCUT2D eigenvalue weighted by molar-refractivity contribution is -0.154. The van der Waals surface area contributed by atoms with E-state index in [0.717, 1.165) is 26.2 Å². The van der Waals surface area contributed by atoms with Crippen LogP contribution in [0.3, 0.4) is 0 Å². The molecule has 0 fully saturated rings. The summed E-state index contributed by atoms with van der Waals surface area (Å²) in [6, 6.07) is 2.07. The molecule has 0 saturated heterocycles. The Balaban J connectivity index is 3.33. The molecule has 88 valence electrons. The first-order valence-electron chi connectivity index (χ1n) is 4.30. The number of halogens is 2. The second-order valence-electron chi connectivity index (χ2n) is 3.32. The zero-order chi connectivity index (χ0) is 12.5. The third kappa shape index (κ3) is 2.11. The van der Waals surface area contributed by atoms with Gasteiger partial charge in [0.05, 0.1) is 7.11 Å². The minimum Gasteiger partial charge on any atom is -0.504 e. The van der Waals surface area contributed by atoms with E-state index in [9.17, 15) is 14.3 Å². The highest BCUT2D eigenvalue weighted by molar-refractivity contribution is 9.10. The van der Waals surface area contributed by atoms with Crippen LogP contribution in [0.25, 0.3) is 0 Å². The molecular formula is C10H10BrFO4. The molecule has 0 amide bonds. The molecule has 0 heterocycles. The summed E-state index contributed by atoms with van der Waals surface area (Å²) >= 11 is 3.00. The minimum atomic E-state index is -2.40. The average molecular weight is 293 g/mol. The topological polar surface area (TPSA) is 66.8 Å². The molecule has 16 heavy (non-hydrogen) atoms. The molecule has 0 aliphatic carbocycles. The number of rotatable bonds is 2. The molecule has 0 saturated carbocycles. The fourth-order valence-electron chi connectivity index (χ4n) is 1.21. The van der Waals surface area contributed by atoms with Crippen LogP contribution in [-0.2, 0) is 15.2 Å². The molecule has 2 N–H and O–H groups in total. The maximum absolute atomic E-state index is 14.1. The molecule has 1 rings (SSSR count). The summed E-state index contributed by atoms with van der Waals surface area (Å²) in [6.45, 7) is 1.01. The highest BCUT2D eigenvalue weighted by atomic mass is 79.9. The van der Waals surface area contributed by atoms with Gasteiger partial charge in [-0.15, -0.1) is 0 Å². The van der Waals surface area contributed by atoms with Crippen molar-refractivity contribution < 1.29 is 24.1 Å². The van der Waals surface area contributed by atoms with Crippen molar-refractivity contribution in [2.45, 2.75) is 12.6 Å². The van der Waals surface area contributed by atoms with Crippen molar-refractivity contribution >= 4 is 21.9 Å². The van der Waals surface area contributed by atoms with Crippen LogP contribution in [0.5, 0.6) is 11.5 Å². The second-order valence-corrected chi connectivity index (χ2v) is 4.17. The number of benzene rings is 1. The molecule has 4 nitrogen and oxygen atoms in total. The average Bonchev–Trinajstić information content (AvgIpc) is 2.21. The predicted octanol–water partition coefficient (Wildman–Crippen LogP) is 2.22. The van der Waals surface area contributed by atoms with Crippen LogP contribution in [-0.4, -0.2) is 23.3 Å². The van der Waals surface area contributed by atoms with E-state index < -0.39 is 23.1 Å². The Morgan fingerprint density at radius 1 is 1.44 bits per heavy atom. The number of carbonyl (C=O) groups is 1. The number of phenols is 2. The predicted molar refractivity (Wildman–Crippen MR) is 57.9 cm³/mol. The van der Waals surface area contributed by atoms with Gasteiger partial charge in [0.15, 0.2) is 11.5 Å². The zero-order valence-electron chi connectivity index (χ0n) is 8.62. The van der Waals surface area contributed by atoms with E-state index in [4.69, 9.17) is 5.11 Å². The van der Waals surface area contributed by atoms with E-state index in [2.05, 4.69) is 20.7 Å². The number of hydrogen-bond donors (Lipinski definition) is 2. The molecule has 0 spiro atoms. The van der Waals surface area contributed by atoms with Gasteiger partial charge in [0.1, 0.15) is 0 Å². The number of ether oxygens (including phenoxy) is 1. The monoisotopic (exact) mass is 292 g/mol. The lowest BCUT2D eigenvalue weighted by atomic mass is 9.97. The Morgan fingerprint density at radius 3 is 2.44 bits per heavy atom. The summed E-state index contributed by atoms with van der Waals surface area (Å²) in [5.41, 5.74) is -2.52. The maximum atomic E-state index is 14.1. The highest BCUT2D eigenvalue weighted by Crippen LogP contribution is 2.39. The number of aromatic hydroxyl groups is 2. The van der Waals surface area contributed by atoms with Crippen LogP contribution in [0.15, 0.2) is 16.6 Å². The molecule has 0 aliphatic heterocycles. The zero-order valence-corrected chi connectivity index (χ0v) is 10.2. The fraction of sp³-hybridized carbons (Fsp3) is 0.300. The molecule has 1 unspecified atom stereocenters. The van der Waals surface area contributed by atoms with Crippen LogP contribution in [0.2, 0.25) is 0 Å². The SMILES string of the molecule is COC(=O)C(C)(F)c1cc(O)c(O)cc1Br. The lowest BCUT2D eigenvalue weighted by Gasteiger charge is -2.19. The van der Waals surface area contributed by atoms with Crippen molar-refractivity contribution in [3.8, 4) is 11.5 Å². The molecule has 1 aromatic rings. The van der Waals surface area contributed by atoms with E-state index in [1.807, 2.05) is 0 Å². The van der Waals surface area contributed by atoms with Gasteiger partial charge in [-0.3, -0.25) is 0 Å². The number of carbonyl (C=O) groups excluding carboxylic acids is 1. The maximum Gasteiger partial charge on any atom is 0.348 e. The summed E-state index contributed by atoms with van der Waals surface area (Å²) in [5, 5.41) is 18.4. The molecule has 0 radical (unpaired) electrons. The van der Waals surface area contributed by atoms with Crippen molar-refractivity contribution in [3.05, 3.63) is 22.2 Å². The van der Waals surface area contributed by atoms with E-state index in [-0.39, 0.29) is 10.0 Å². The molecule has 0 bridgehead atoms. The highest BCUT2D eigenvalue weighted by Gasteiger charge is 2.38. The molecular weight excluding hydrogens is 283 g/mol. The van der Waals surface area contributed by atoms with Gasteiger partial charge in [-0.25, -0.2) is 9.18 Å². The fourth-order valence-corrected chi connectivity index (χ4v) is 1.92. The number of phenolic OH excluding ortho intramolecular Hbond substituents is 2. The molecule has 0 aliphatic rings. The third-order valence-electron chi connectivity index (χ3n) is 2.14. The Morgan fingerprint density at radius 2 is 1.94 bits per heavy atom. The summed E-state index contributed by atoms with van der Waals surface area (Å²) in [5.74, 6) is -2.00. The van der Waals surface area contributed by atoms with Crippen molar-refractivity contribution in [1.82, 2.24) is 0 Å². The Labute approximate surface area is 99.8 Å². The first kappa shape index (κ1) is 12.8. The summed E-state index contributed by atoms with van der Waals surface area (Å²) in [7, 11) is 1.06. The first-order chi connectivity index (χ1) is 7.30. The Hall–Kier alpha value is -1.30. The first-order valence-corrected chi connectivity index (χ1v) is 5.09. The molecule has 0 aromatic heterocycles. The number of alkyl halides is 1. The number of hydrogen-bond acceptors (Lipinski definition) is 4. The van der Waals surface area contributed by atoms with E-state index in [1.165, 1.54) is 0 Å². The largest absolute Gasteiger partial charge is 0.504 e.